The lowest BCUT2D eigenvalue weighted by molar-refractivity contribution is -0.139. The molecule has 0 atom stereocenters. The number of imide groups is 1. The molecular weight excluding hydrogens is 394 g/mol. The van der Waals surface area contributed by atoms with Gasteiger partial charge in [0, 0.05) is 5.56 Å². The Hall–Kier alpha value is -3.26. The molecule has 2 aromatic carbocycles. The smallest absolute Gasteiger partial charge is 0.341 e. The number of thioether (sulfide) groups is 1. The molecule has 1 saturated heterocycles. The lowest BCUT2D eigenvalue weighted by atomic mass is 10.1. The molecular formula is C21H19NO6S. The number of nitrogens with zero attached hydrogens (tertiary/aromatic N) is 1. The summed E-state index contributed by atoms with van der Waals surface area (Å²) in [7, 11) is 0. The molecule has 0 aromatic heterocycles. The van der Waals surface area contributed by atoms with E-state index in [2.05, 4.69) is 0 Å². The van der Waals surface area contributed by atoms with Crippen molar-refractivity contribution in [3.63, 3.8) is 0 Å². The molecule has 8 heteroatoms. The maximum atomic E-state index is 12.8. The van der Waals surface area contributed by atoms with Crippen LogP contribution in [0.2, 0.25) is 0 Å². The fraction of sp³-hybridized carbons (Fsp3) is 0.190. The minimum atomic E-state index is -1.13. The molecule has 29 heavy (non-hydrogen) atoms. The molecule has 2 amide bonds. The van der Waals surface area contributed by atoms with Gasteiger partial charge in [-0.2, -0.15) is 0 Å². The zero-order chi connectivity index (χ0) is 20.8. The number of ether oxygens (including phenoxy) is 2. The number of aliphatic carboxylic acids is 1. The Morgan fingerprint density at radius 2 is 1.86 bits per heavy atom. The molecule has 150 valence electrons. The third-order valence-electron chi connectivity index (χ3n) is 3.99. The van der Waals surface area contributed by atoms with Gasteiger partial charge in [0.15, 0.2) is 18.1 Å². The highest BCUT2D eigenvalue weighted by atomic mass is 32.2. The van der Waals surface area contributed by atoms with Crippen LogP contribution in [0, 0.1) is 0 Å². The van der Waals surface area contributed by atoms with Crippen LogP contribution in [0.3, 0.4) is 0 Å². The van der Waals surface area contributed by atoms with Crippen molar-refractivity contribution in [1.29, 1.82) is 0 Å². The Morgan fingerprint density at radius 1 is 1.10 bits per heavy atom. The van der Waals surface area contributed by atoms with E-state index in [1.807, 2.05) is 30.3 Å². The normalized spacial score (nSPS) is 15.1. The number of hydrogen-bond donors (Lipinski definition) is 1. The second kappa shape index (κ2) is 9.29. The molecule has 0 spiro atoms. The molecule has 0 radical (unpaired) electrons. The summed E-state index contributed by atoms with van der Waals surface area (Å²) < 4.78 is 10.9. The van der Waals surface area contributed by atoms with Crippen LogP contribution in [-0.2, 0) is 16.1 Å². The summed E-state index contributed by atoms with van der Waals surface area (Å²) in [5, 5.41) is 8.57. The van der Waals surface area contributed by atoms with Gasteiger partial charge in [-0.25, -0.2) is 4.79 Å². The summed E-state index contributed by atoms with van der Waals surface area (Å²) >= 11 is 0.834. The van der Waals surface area contributed by atoms with Crippen molar-refractivity contribution < 1.29 is 29.0 Å². The minimum absolute atomic E-state index is 0.185. The van der Waals surface area contributed by atoms with Gasteiger partial charge in [-0.1, -0.05) is 42.5 Å². The first-order valence-electron chi connectivity index (χ1n) is 8.89. The standard InChI is InChI=1S/C21H19NO6S/c1-2-27-16-10-6-9-15(19(16)28-13-18(23)24)11-17-20(25)22(21(26)29-17)12-14-7-4-3-5-8-14/h3-11H,2,12-13H2,1H3,(H,23,24)/b17-11-. The van der Waals surface area contributed by atoms with Crippen molar-refractivity contribution in [2.45, 2.75) is 13.5 Å². The van der Waals surface area contributed by atoms with Crippen LogP contribution >= 0.6 is 11.8 Å². The summed E-state index contributed by atoms with van der Waals surface area (Å²) in [6, 6.07) is 14.3. The number of benzene rings is 2. The fourth-order valence-electron chi connectivity index (χ4n) is 2.75. The number of amides is 2. The quantitative estimate of drug-likeness (QED) is 0.658. The second-order valence-corrected chi connectivity index (χ2v) is 7.04. The predicted octanol–water partition coefficient (Wildman–Crippen LogP) is 3.79. The highest BCUT2D eigenvalue weighted by molar-refractivity contribution is 8.18. The van der Waals surface area contributed by atoms with E-state index in [1.165, 1.54) is 11.0 Å². The van der Waals surface area contributed by atoms with E-state index < -0.39 is 18.5 Å². The van der Waals surface area contributed by atoms with Crippen molar-refractivity contribution in [2.24, 2.45) is 0 Å². The van der Waals surface area contributed by atoms with Crippen molar-refractivity contribution in [1.82, 2.24) is 4.90 Å². The largest absolute Gasteiger partial charge is 0.490 e. The minimum Gasteiger partial charge on any atom is -0.490 e. The van der Waals surface area contributed by atoms with Gasteiger partial charge >= 0.3 is 5.97 Å². The molecule has 1 fully saturated rings. The van der Waals surface area contributed by atoms with Crippen LogP contribution < -0.4 is 9.47 Å². The fourth-order valence-corrected chi connectivity index (χ4v) is 3.58. The SMILES string of the molecule is CCOc1cccc(/C=C2\SC(=O)N(Cc3ccccc3)C2=O)c1OCC(=O)O. The van der Waals surface area contributed by atoms with Gasteiger partial charge in [0.2, 0.25) is 0 Å². The third-order valence-corrected chi connectivity index (χ3v) is 4.90. The van der Waals surface area contributed by atoms with E-state index in [4.69, 9.17) is 14.6 Å². The Balaban J connectivity index is 1.89. The Labute approximate surface area is 171 Å². The van der Waals surface area contributed by atoms with Crippen LogP contribution in [0.15, 0.2) is 53.4 Å². The van der Waals surface area contributed by atoms with Crippen LogP contribution in [-0.4, -0.2) is 40.3 Å². The molecule has 1 aliphatic heterocycles. The summed E-state index contributed by atoms with van der Waals surface area (Å²) in [4.78, 5) is 37.4. The molecule has 0 bridgehead atoms. The molecule has 1 aliphatic rings. The van der Waals surface area contributed by atoms with E-state index in [9.17, 15) is 14.4 Å². The number of carboxylic acids is 1. The average molecular weight is 413 g/mol. The number of rotatable bonds is 8. The van der Waals surface area contributed by atoms with Gasteiger partial charge in [-0.15, -0.1) is 0 Å². The predicted molar refractivity (Wildman–Crippen MR) is 109 cm³/mol. The highest BCUT2D eigenvalue weighted by Crippen LogP contribution is 2.38. The van der Waals surface area contributed by atoms with E-state index in [0.717, 1.165) is 17.3 Å². The van der Waals surface area contributed by atoms with Crippen LogP contribution in [0.4, 0.5) is 4.79 Å². The number of carbonyl (C=O) groups is 3. The summed E-state index contributed by atoms with van der Waals surface area (Å²) in [6.07, 6.45) is 1.52. The number of para-hydroxylation sites is 1. The van der Waals surface area contributed by atoms with Gasteiger partial charge in [0.05, 0.1) is 18.1 Å². The molecule has 1 N–H and O–H groups in total. The highest BCUT2D eigenvalue weighted by Gasteiger charge is 2.35. The zero-order valence-electron chi connectivity index (χ0n) is 15.7. The van der Waals surface area contributed by atoms with Gasteiger partial charge in [-0.05, 0) is 36.4 Å². The van der Waals surface area contributed by atoms with E-state index in [-0.39, 0.29) is 22.4 Å². The maximum Gasteiger partial charge on any atom is 0.341 e. The summed E-state index contributed by atoms with van der Waals surface area (Å²) in [5.74, 6) is -0.960. The molecule has 3 rings (SSSR count). The van der Waals surface area contributed by atoms with Gasteiger partial charge in [-0.3, -0.25) is 14.5 Å². The van der Waals surface area contributed by atoms with Gasteiger partial charge in [0.1, 0.15) is 0 Å². The lowest BCUT2D eigenvalue weighted by Crippen LogP contribution is -2.27. The van der Waals surface area contributed by atoms with Crippen LogP contribution in [0.1, 0.15) is 18.1 Å². The summed E-state index contributed by atoms with van der Waals surface area (Å²) in [6.45, 7) is 1.79. The van der Waals surface area contributed by atoms with Crippen molar-refractivity contribution in [3.05, 3.63) is 64.6 Å². The Kier molecular flexibility index (Phi) is 6.56. The summed E-state index contributed by atoms with van der Waals surface area (Å²) in [5.41, 5.74) is 1.31. The first-order chi connectivity index (χ1) is 14.0. The van der Waals surface area contributed by atoms with E-state index >= 15 is 0 Å². The average Bonchev–Trinajstić information content (AvgIpc) is 2.96. The van der Waals surface area contributed by atoms with E-state index in [1.54, 1.807) is 25.1 Å². The molecule has 1 heterocycles. The first kappa shape index (κ1) is 20.5. The maximum absolute atomic E-state index is 12.8. The molecule has 0 aliphatic carbocycles. The topological polar surface area (TPSA) is 93.1 Å². The number of hydrogen-bond acceptors (Lipinski definition) is 6. The number of carboxylic acid groups (broad SMARTS) is 1. The monoisotopic (exact) mass is 413 g/mol. The van der Waals surface area contributed by atoms with Crippen molar-refractivity contribution in [3.8, 4) is 11.5 Å². The Bertz CT molecular complexity index is 957. The molecule has 7 nitrogen and oxygen atoms in total. The first-order valence-corrected chi connectivity index (χ1v) is 9.71. The van der Waals surface area contributed by atoms with Crippen LogP contribution in [0.25, 0.3) is 6.08 Å². The molecule has 0 unspecified atom stereocenters. The Morgan fingerprint density at radius 3 is 2.55 bits per heavy atom. The van der Waals surface area contributed by atoms with E-state index in [0.29, 0.717) is 17.9 Å². The second-order valence-electron chi connectivity index (χ2n) is 6.04. The van der Waals surface area contributed by atoms with Gasteiger partial charge < -0.3 is 14.6 Å². The molecule has 2 aromatic rings. The third kappa shape index (κ3) is 4.97. The van der Waals surface area contributed by atoms with Crippen molar-refractivity contribution in [2.75, 3.05) is 13.2 Å². The zero-order valence-corrected chi connectivity index (χ0v) is 16.5. The molecule has 0 saturated carbocycles. The van der Waals surface area contributed by atoms with Crippen molar-refractivity contribution >= 4 is 35.0 Å². The van der Waals surface area contributed by atoms with Crippen LogP contribution in [0.5, 0.6) is 11.5 Å². The number of carbonyl (C=O) groups excluding carboxylic acids is 2. The van der Waals surface area contributed by atoms with Gasteiger partial charge in [0.25, 0.3) is 11.1 Å². The lowest BCUT2D eigenvalue weighted by Gasteiger charge is -2.14.